The van der Waals surface area contributed by atoms with Gasteiger partial charge in [-0.3, -0.25) is 14.8 Å². The number of amides is 1. The highest BCUT2D eigenvalue weighted by molar-refractivity contribution is 5.93. The van der Waals surface area contributed by atoms with Gasteiger partial charge in [0.15, 0.2) is 0 Å². The molecular weight excluding hydrogens is 242 g/mol. The lowest BCUT2D eigenvalue weighted by Crippen LogP contribution is -2.33. The van der Waals surface area contributed by atoms with Crippen molar-refractivity contribution >= 4 is 11.6 Å². The average molecular weight is 263 g/mol. The third kappa shape index (κ3) is 2.50. The Morgan fingerprint density at radius 1 is 1.37 bits per heavy atom. The van der Waals surface area contributed by atoms with Gasteiger partial charge in [-0.2, -0.15) is 5.10 Å². The fourth-order valence-corrected chi connectivity index (χ4v) is 3.20. The zero-order valence-electron chi connectivity index (χ0n) is 11.5. The summed E-state index contributed by atoms with van der Waals surface area (Å²) in [5.74, 6) is 1.51. The minimum Gasteiger partial charge on any atom is -0.322 e. The predicted octanol–water partition coefficient (Wildman–Crippen LogP) is 0.116. The molecule has 1 amide bonds. The Bertz CT molecular complexity index is 452. The van der Waals surface area contributed by atoms with Crippen molar-refractivity contribution in [2.75, 3.05) is 38.0 Å². The van der Waals surface area contributed by atoms with E-state index in [0.29, 0.717) is 6.54 Å². The third-order valence-electron chi connectivity index (χ3n) is 4.22. The summed E-state index contributed by atoms with van der Waals surface area (Å²) in [5.41, 5.74) is 2.58. The lowest BCUT2D eigenvalue weighted by atomic mass is 10.0. The Labute approximate surface area is 112 Å². The van der Waals surface area contributed by atoms with Crippen LogP contribution in [-0.2, 0) is 4.79 Å². The van der Waals surface area contributed by atoms with Gasteiger partial charge >= 0.3 is 0 Å². The highest BCUT2D eigenvalue weighted by atomic mass is 16.2. The molecule has 2 aliphatic rings. The Morgan fingerprint density at radius 3 is 2.63 bits per heavy atom. The molecule has 0 aliphatic carbocycles. The molecule has 2 saturated heterocycles. The maximum absolute atomic E-state index is 12.1. The van der Waals surface area contributed by atoms with Crippen LogP contribution in [0.3, 0.4) is 0 Å². The lowest BCUT2D eigenvalue weighted by molar-refractivity contribution is -0.117. The second-order valence-electron chi connectivity index (χ2n) is 5.73. The summed E-state index contributed by atoms with van der Waals surface area (Å²) in [4.78, 5) is 14.3. The second-order valence-corrected chi connectivity index (χ2v) is 5.73. The Balaban J connectivity index is 1.55. The first-order chi connectivity index (χ1) is 9.13. The summed E-state index contributed by atoms with van der Waals surface area (Å²) < 4.78 is 0. The summed E-state index contributed by atoms with van der Waals surface area (Å²) >= 11 is 0. The number of likely N-dealkylation sites (tertiary alicyclic amines) is 1. The standard InChI is InChI=1S/C13H21N5O/c1-8-13(9(2)17-16-8)15-12(19)7-18-5-10-3-14-4-11(10)6-18/h10-11,14H,3-7H2,1-2H3,(H,15,19)(H,16,17)/t10-,11+. The zero-order valence-corrected chi connectivity index (χ0v) is 11.5. The van der Waals surface area contributed by atoms with Crippen LogP contribution in [0, 0.1) is 25.7 Å². The number of nitrogens with zero attached hydrogens (tertiary/aromatic N) is 2. The number of aromatic nitrogens is 2. The van der Waals surface area contributed by atoms with Crippen molar-refractivity contribution in [1.29, 1.82) is 0 Å². The minimum absolute atomic E-state index is 0.0560. The molecule has 3 heterocycles. The molecule has 0 spiro atoms. The molecule has 2 atom stereocenters. The fourth-order valence-electron chi connectivity index (χ4n) is 3.20. The Morgan fingerprint density at radius 2 is 2.05 bits per heavy atom. The van der Waals surface area contributed by atoms with E-state index in [0.717, 1.165) is 55.1 Å². The predicted molar refractivity (Wildman–Crippen MR) is 73.0 cm³/mol. The summed E-state index contributed by atoms with van der Waals surface area (Å²) in [7, 11) is 0. The summed E-state index contributed by atoms with van der Waals surface area (Å²) in [6.07, 6.45) is 0. The number of carbonyl (C=O) groups excluding carboxylic acids is 1. The van der Waals surface area contributed by atoms with E-state index < -0.39 is 0 Å². The van der Waals surface area contributed by atoms with Crippen molar-refractivity contribution in [2.45, 2.75) is 13.8 Å². The molecule has 6 nitrogen and oxygen atoms in total. The number of anilines is 1. The maximum Gasteiger partial charge on any atom is 0.238 e. The third-order valence-corrected chi connectivity index (χ3v) is 4.22. The SMILES string of the molecule is Cc1n[nH]c(C)c1NC(=O)CN1C[C@H]2CNC[C@H]2C1. The van der Waals surface area contributed by atoms with Gasteiger partial charge in [0.2, 0.25) is 5.91 Å². The molecule has 2 aliphatic heterocycles. The molecule has 19 heavy (non-hydrogen) atoms. The molecule has 3 N–H and O–H groups in total. The second kappa shape index (κ2) is 4.94. The van der Waals surface area contributed by atoms with Crippen LogP contribution in [0.5, 0.6) is 0 Å². The van der Waals surface area contributed by atoms with Gasteiger partial charge in [0.1, 0.15) is 0 Å². The van der Waals surface area contributed by atoms with E-state index in [1.807, 2.05) is 13.8 Å². The van der Waals surface area contributed by atoms with Crippen molar-refractivity contribution in [3.63, 3.8) is 0 Å². The van der Waals surface area contributed by atoms with Gasteiger partial charge in [-0.05, 0) is 38.8 Å². The smallest absolute Gasteiger partial charge is 0.238 e. The van der Waals surface area contributed by atoms with E-state index >= 15 is 0 Å². The quantitative estimate of drug-likeness (QED) is 0.724. The minimum atomic E-state index is 0.0560. The molecular formula is C13H21N5O. The first-order valence-corrected chi connectivity index (χ1v) is 6.88. The van der Waals surface area contributed by atoms with Crippen molar-refractivity contribution in [3.05, 3.63) is 11.4 Å². The number of aromatic amines is 1. The van der Waals surface area contributed by atoms with E-state index in [2.05, 4.69) is 25.7 Å². The molecule has 1 aromatic rings. The van der Waals surface area contributed by atoms with E-state index in [1.165, 1.54) is 0 Å². The topological polar surface area (TPSA) is 73.0 Å². The number of carbonyl (C=O) groups is 1. The van der Waals surface area contributed by atoms with Gasteiger partial charge in [-0.1, -0.05) is 0 Å². The van der Waals surface area contributed by atoms with Crippen LogP contribution in [0.15, 0.2) is 0 Å². The largest absolute Gasteiger partial charge is 0.322 e. The number of hydrogen-bond acceptors (Lipinski definition) is 4. The fraction of sp³-hybridized carbons (Fsp3) is 0.692. The first kappa shape index (κ1) is 12.6. The van der Waals surface area contributed by atoms with Gasteiger partial charge in [-0.25, -0.2) is 0 Å². The molecule has 0 aromatic carbocycles. The molecule has 3 rings (SSSR count). The summed E-state index contributed by atoms with van der Waals surface area (Å²) in [5, 5.41) is 13.3. The van der Waals surface area contributed by atoms with E-state index in [9.17, 15) is 4.79 Å². The monoisotopic (exact) mass is 263 g/mol. The molecule has 104 valence electrons. The molecule has 0 unspecified atom stereocenters. The summed E-state index contributed by atoms with van der Waals surface area (Å²) in [6, 6.07) is 0. The number of rotatable bonds is 3. The molecule has 2 fully saturated rings. The van der Waals surface area contributed by atoms with Gasteiger partial charge in [0.05, 0.1) is 23.6 Å². The highest BCUT2D eigenvalue weighted by Gasteiger charge is 2.36. The number of hydrogen-bond donors (Lipinski definition) is 3. The van der Waals surface area contributed by atoms with E-state index in [1.54, 1.807) is 0 Å². The molecule has 6 heteroatoms. The van der Waals surface area contributed by atoms with Crippen molar-refractivity contribution in [2.24, 2.45) is 11.8 Å². The highest BCUT2D eigenvalue weighted by Crippen LogP contribution is 2.26. The van der Waals surface area contributed by atoms with Crippen LogP contribution in [0.2, 0.25) is 0 Å². The number of aryl methyl sites for hydroxylation is 2. The molecule has 0 radical (unpaired) electrons. The summed E-state index contributed by atoms with van der Waals surface area (Å²) in [6.45, 7) is 8.57. The zero-order chi connectivity index (χ0) is 13.4. The Hall–Kier alpha value is -1.40. The Kier molecular flexibility index (Phi) is 3.28. The van der Waals surface area contributed by atoms with Crippen LogP contribution in [-0.4, -0.2) is 53.7 Å². The normalized spacial score (nSPS) is 26.6. The lowest BCUT2D eigenvalue weighted by Gasteiger charge is -2.16. The molecule has 0 saturated carbocycles. The number of H-pyrrole nitrogens is 1. The van der Waals surface area contributed by atoms with E-state index in [4.69, 9.17) is 0 Å². The van der Waals surface area contributed by atoms with Crippen LogP contribution in [0.25, 0.3) is 0 Å². The van der Waals surface area contributed by atoms with Gasteiger partial charge in [0, 0.05) is 13.1 Å². The number of fused-ring (bicyclic) bond motifs is 1. The van der Waals surface area contributed by atoms with Gasteiger partial charge in [-0.15, -0.1) is 0 Å². The number of nitrogens with one attached hydrogen (secondary N) is 3. The maximum atomic E-state index is 12.1. The molecule has 0 bridgehead atoms. The van der Waals surface area contributed by atoms with Crippen molar-refractivity contribution in [1.82, 2.24) is 20.4 Å². The van der Waals surface area contributed by atoms with Gasteiger partial charge in [0.25, 0.3) is 0 Å². The van der Waals surface area contributed by atoms with Crippen LogP contribution in [0.4, 0.5) is 5.69 Å². The van der Waals surface area contributed by atoms with Crippen LogP contribution >= 0.6 is 0 Å². The van der Waals surface area contributed by atoms with Crippen molar-refractivity contribution < 1.29 is 4.79 Å². The van der Waals surface area contributed by atoms with Crippen LogP contribution < -0.4 is 10.6 Å². The molecule has 1 aromatic heterocycles. The van der Waals surface area contributed by atoms with Crippen molar-refractivity contribution in [3.8, 4) is 0 Å². The average Bonchev–Trinajstić information content (AvgIpc) is 2.99. The first-order valence-electron chi connectivity index (χ1n) is 6.88. The van der Waals surface area contributed by atoms with E-state index in [-0.39, 0.29) is 5.91 Å². The van der Waals surface area contributed by atoms with Crippen LogP contribution in [0.1, 0.15) is 11.4 Å². The van der Waals surface area contributed by atoms with Gasteiger partial charge < -0.3 is 10.6 Å².